The molecule has 2 rings (SSSR count). The van der Waals surface area contributed by atoms with E-state index in [0.717, 1.165) is 0 Å². The van der Waals surface area contributed by atoms with Gasteiger partial charge in [-0.25, -0.2) is 13.2 Å². The van der Waals surface area contributed by atoms with Gasteiger partial charge in [-0.1, -0.05) is 0 Å². The van der Waals surface area contributed by atoms with Gasteiger partial charge >= 0.3 is 12.5 Å². The second-order valence-electron chi connectivity index (χ2n) is 6.36. The van der Waals surface area contributed by atoms with E-state index in [1.165, 1.54) is 0 Å². The quantitative estimate of drug-likeness (QED) is 0.480. The van der Waals surface area contributed by atoms with Crippen molar-refractivity contribution in [2.75, 3.05) is 0 Å². The summed E-state index contributed by atoms with van der Waals surface area (Å²) in [6, 6.07) is 0. The van der Waals surface area contributed by atoms with Crippen molar-refractivity contribution in [3.63, 3.8) is 0 Å². The van der Waals surface area contributed by atoms with E-state index in [-0.39, 0.29) is 6.42 Å². The second-order valence-corrected chi connectivity index (χ2v) is 6.98. The molecule has 2 aliphatic carbocycles. The predicted octanol–water partition coefficient (Wildman–Crippen LogP) is 5.09. The smallest absolute Gasteiger partial charge is 0.317 e. The largest absolute Gasteiger partial charge is 0.522 e. The summed E-state index contributed by atoms with van der Waals surface area (Å²) in [4.78, 5) is 0. The summed E-state index contributed by atoms with van der Waals surface area (Å²) >= 11 is 5.58. The van der Waals surface area contributed by atoms with Crippen molar-refractivity contribution < 1.29 is 44.6 Å². The second kappa shape index (κ2) is 7.72. The molecule has 25 heavy (non-hydrogen) atoms. The first-order valence-corrected chi connectivity index (χ1v) is 8.19. The molecule has 0 aliphatic heterocycles. The maximum Gasteiger partial charge on any atom is 0.522 e. The number of alkyl halides is 9. The third-order valence-corrected chi connectivity index (χ3v) is 4.76. The van der Waals surface area contributed by atoms with Crippen molar-refractivity contribution in [2.24, 2.45) is 5.92 Å². The van der Waals surface area contributed by atoms with Crippen molar-refractivity contribution >= 4 is 11.6 Å². The lowest BCUT2D eigenvalue weighted by Gasteiger charge is -2.39. The number of halogens is 9. The molecule has 0 heterocycles. The molecule has 0 spiro atoms. The maximum absolute atomic E-state index is 14.1. The first-order valence-electron chi connectivity index (χ1n) is 7.75. The van der Waals surface area contributed by atoms with Crippen molar-refractivity contribution in [3.05, 3.63) is 0 Å². The summed E-state index contributed by atoms with van der Waals surface area (Å²) in [5.41, 5.74) is 0. The van der Waals surface area contributed by atoms with Crippen molar-refractivity contribution in [1.82, 2.24) is 0 Å². The molecule has 0 aromatic heterocycles. The zero-order valence-electron chi connectivity index (χ0n) is 12.8. The monoisotopic (exact) mass is 404 g/mol. The highest BCUT2D eigenvalue weighted by atomic mass is 35.5. The number of hydrogen-bond donors (Lipinski definition) is 0. The van der Waals surface area contributed by atoms with E-state index in [4.69, 9.17) is 11.6 Å². The third kappa shape index (κ3) is 5.56. The molecule has 0 saturated heterocycles. The molecule has 0 N–H and O–H groups in total. The number of hydrogen-bond acceptors (Lipinski definition) is 2. The van der Waals surface area contributed by atoms with Gasteiger partial charge in [0, 0.05) is 11.8 Å². The maximum atomic E-state index is 14.1. The minimum Gasteiger partial charge on any atom is -0.317 e. The Morgan fingerprint density at radius 1 is 0.760 bits per heavy atom. The van der Waals surface area contributed by atoms with E-state index in [1.807, 2.05) is 0 Å². The van der Waals surface area contributed by atoms with Gasteiger partial charge in [0.05, 0.1) is 12.2 Å². The molecule has 0 aromatic rings. The highest BCUT2D eigenvalue weighted by Crippen LogP contribution is 2.44. The molecule has 2 nitrogen and oxygen atoms in total. The van der Waals surface area contributed by atoms with Crippen LogP contribution < -0.4 is 0 Å². The fourth-order valence-corrected chi connectivity index (χ4v) is 3.63. The van der Waals surface area contributed by atoms with Crippen LogP contribution in [-0.4, -0.2) is 48.6 Å². The molecular weight excluding hydrogens is 388 g/mol. The van der Waals surface area contributed by atoms with Crippen LogP contribution in [0.25, 0.3) is 0 Å². The summed E-state index contributed by atoms with van der Waals surface area (Å²) in [6.45, 7) is 0. The summed E-state index contributed by atoms with van der Waals surface area (Å²) in [6.07, 6.45) is -21.8. The highest BCUT2D eigenvalue weighted by molar-refractivity contribution is 6.20. The van der Waals surface area contributed by atoms with E-state index in [0.29, 0.717) is 0 Å². The van der Waals surface area contributed by atoms with Crippen LogP contribution in [0.2, 0.25) is 0 Å². The van der Waals surface area contributed by atoms with Crippen LogP contribution in [0.5, 0.6) is 0 Å². The molecule has 0 radical (unpaired) electrons. The fraction of sp³-hybridized carbons (Fsp3) is 1.00. The normalized spacial score (nSPS) is 40.9. The van der Waals surface area contributed by atoms with Crippen LogP contribution in [0.3, 0.4) is 0 Å². The van der Waals surface area contributed by atoms with Crippen LogP contribution in [0.4, 0.5) is 35.1 Å². The van der Waals surface area contributed by atoms with Gasteiger partial charge in [0.1, 0.15) is 24.4 Å². The Kier molecular flexibility index (Phi) is 6.47. The first kappa shape index (κ1) is 21.0. The fourth-order valence-electron chi connectivity index (χ4n) is 3.29. The van der Waals surface area contributed by atoms with Gasteiger partial charge in [-0.15, -0.1) is 24.8 Å². The molecule has 5 atom stereocenters. The molecular formula is C14H17ClF8O2. The Morgan fingerprint density at radius 2 is 1.32 bits per heavy atom. The standard InChI is InChI=1S/C14H17ClF8O2/c15-6-3-9(17)12(10(18)4-6)13(19,20)24-7-1-2-11(8(16)5-7)25-14(21,22)23/h6-12H,1-5H2. The van der Waals surface area contributed by atoms with Crippen molar-refractivity contribution in [2.45, 2.75) is 80.7 Å². The molecule has 2 saturated carbocycles. The summed E-state index contributed by atoms with van der Waals surface area (Å²) in [5, 5.41) is -0.915. The van der Waals surface area contributed by atoms with E-state index < -0.39 is 80.2 Å². The van der Waals surface area contributed by atoms with Crippen LogP contribution in [0, 0.1) is 5.92 Å². The average molecular weight is 405 g/mol. The molecule has 2 aliphatic rings. The molecule has 2 fully saturated rings. The van der Waals surface area contributed by atoms with Gasteiger partial charge in [-0.3, -0.25) is 4.74 Å². The summed E-state index contributed by atoms with van der Waals surface area (Å²) < 4.78 is 114. The summed E-state index contributed by atoms with van der Waals surface area (Å²) in [5.74, 6) is -2.38. The van der Waals surface area contributed by atoms with Crippen LogP contribution in [0.1, 0.15) is 32.1 Å². The molecule has 0 amide bonds. The van der Waals surface area contributed by atoms with Crippen molar-refractivity contribution in [1.29, 1.82) is 0 Å². The van der Waals surface area contributed by atoms with Gasteiger partial charge < -0.3 is 4.74 Å². The Bertz CT molecular complexity index is 437. The topological polar surface area (TPSA) is 18.5 Å². The van der Waals surface area contributed by atoms with E-state index >= 15 is 0 Å². The minimum absolute atomic E-state index is 0.352. The Morgan fingerprint density at radius 3 is 1.80 bits per heavy atom. The lowest BCUT2D eigenvalue weighted by atomic mass is 9.84. The van der Waals surface area contributed by atoms with Gasteiger partial charge in [-0.05, 0) is 25.7 Å². The Labute approximate surface area is 143 Å². The van der Waals surface area contributed by atoms with E-state index in [2.05, 4.69) is 9.47 Å². The third-order valence-electron chi connectivity index (χ3n) is 4.40. The summed E-state index contributed by atoms with van der Waals surface area (Å²) in [7, 11) is 0. The SMILES string of the molecule is FC1CC(OC(F)(F)C2C(F)CC(Cl)CC2F)CCC1OC(F)(F)F. The van der Waals surface area contributed by atoms with Gasteiger partial charge in [-0.2, -0.15) is 8.78 Å². The highest BCUT2D eigenvalue weighted by Gasteiger charge is 2.55. The van der Waals surface area contributed by atoms with Crippen molar-refractivity contribution in [3.8, 4) is 0 Å². The molecule has 0 aromatic carbocycles. The lowest BCUT2D eigenvalue weighted by Crippen LogP contribution is -2.50. The first-order chi connectivity index (χ1) is 11.4. The number of rotatable bonds is 4. The Hall–Kier alpha value is -0.350. The van der Waals surface area contributed by atoms with Crippen LogP contribution >= 0.6 is 11.6 Å². The predicted molar refractivity (Wildman–Crippen MR) is 71.7 cm³/mol. The van der Waals surface area contributed by atoms with Crippen LogP contribution in [0.15, 0.2) is 0 Å². The van der Waals surface area contributed by atoms with E-state index in [9.17, 15) is 35.1 Å². The number of ether oxygens (including phenoxy) is 2. The molecule has 0 bridgehead atoms. The molecule has 11 heteroatoms. The lowest BCUT2D eigenvalue weighted by molar-refractivity contribution is -0.359. The van der Waals surface area contributed by atoms with Crippen LogP contribution in [-0.2, 0) is 9.47 Å². The zero-order chi connectivity index (χ0) is 19.0. The van der Waals surface area contributed by atoms with Gasteiger partial charge in [0.15, 0.2) is 0 Å². The molecule has 5 unspecified atom stereocenters. The zero-order valence-corrected chi connectivity index (χ0v) is 13.6. The van der Waals surface area contributed by atoms with E-state index in [1.54, 1.807) is 0 Å². The van der Waals surface area contributed by atoms with Gasteiger partial charge in [0.25, 0.3) is 0 Å². The molecule has 148 valence electrons. The Balaban J connectivity index is 1.95. The average Bonchev–Trinajstić information content (AvgIpc) is 2.38. The van der Waals surface area contributed by atoms with Gasteiger partial charge in [0.2, 0.25) is 0 Å². The minimum atomic E-state index is -5.05.